The average Bonchev–Trinajstić information content (AvgIpc) is 3.76. The van der Waals surface area contributed by atoms with Gasteiger partial charge in [0.1, 0.15) is 0 Å². The molecule has 0 unspecified atom stereocenters. The Balaban J connectivity index is 1.11. The van der Waals surface area contributed by atoms with Crippen molar-refractivity contribution in [1.82, 2.24) is 19.1 Å². The minimum Gasteiger partial charge on any atom is -0.309 e. The molecule has 58 heavy (non-hydrogen) atoms. The number of para-hydroxylation sites is 4. The van der Waals surface area contributed by atoms with Gasteiger partial charge in [0.25, 0.3) is 0 Å². The second kappa shape index (κ2) is 13.4. The van der Waals surface area contributed by atoms with E-state index in [0.717, 1.165) is 39.5 Å². The van der Waals surface area contributed by atoms with E-state index in [1.807, 2.05) is 12.4 Å². The van der Waals surface area contributed by atoms with Gasteiger partial charge in [0.15, 0.2) is 0 Å². The van der Waals surface area contributed by atoms with E-state index >= 15 is 0 Å². The maximum atomic E-state index is 5.41. The third kappa shape index (κ3) is 5.90. The Kier molecular flexibility index (Phi) is 8.24. The molecule has 0 N–H and O–H groups in total. The number of benzene rings is 6. The molecule has 10 rings (SSSR count). The van der Waals surface area contributed by atoms with Crippen LogP contribution in [0.2, 0.25) is 0 Å². The summed E-state index contributed by atoms with van der Waals surface area (Å²) < 4.78 is 4.78. The van der Waals surface area contributed by atoms with Crippen LogP contribution < -0.4 is 0 Å². The zero-order valence-electron chi connectivity index (χ0n) is 34.0. The fourth-order valence-electron chi connectivity index (χ4n) is 8.98. The van der Waals surface area contributed by atoms with Gasteiger partial charge >= 0.3 is 0 Å². The number of pyridine rings is 2. The first-order valence-corrected chi connectivity index (χ1v) is 20.2. The highest BCUT2D eigenvalue weighted by atomic mass is 15.0. The molecule has 0 bridgehead atoms. The van der Waals surface area contributed by atoms with Gasteiger partial charge in [-0.2, -0.15) is 0 Å². The SMILES string of the molecule is CC(C)(C)c1ccc(-n2c3ccccc3c3ccccc32)cc1-c1cncc(-c2cccc(-c3cc(-n4c5ccccc5c5ccccc54)ccc3C(C)(C)C)n2)c1. The van der Waals surface area contributed by atoms with Crippen LogP contribution in [0.4, 0.5) is 0 Å². The summed E-state index contributed by atoms with van der Waals surface area (Å²) >= 11 is 0. The molecule has 6 aromatic carbocycles. The molecule has 4 nitrogen and oxygen atoms in total. The van der Waals surface area contributed by atoms with E-state index in [4.69, 9.17) is 9.97 Å². The second-order valence-corrected chi connectivity index (χ2v) is 17.6. The van der Waals surface area contributed by atoms with E-state index in [2.05, 4.69) is 208 Å². The van der Waals surface area contributed by atoms with Crippen molar-refractivity contribution in [1.29, 1.82) is 0 Å². The molecule has 0 atom stereocenters. The molecule has 4 aromatic heterocycles. The van der Waals surface area contributed by atoms with Gasteiger partial charge < -0.3 is 9.13 Å². The zero-order chi connectivity index (χ0) is 39.8. The van der Waals surface area contributed by atoms with Gasteiger partial charge in [0.2, 0.25) is 0 Å². The van der Waals surface area contributed by atoms with E-state index in [1.165, 1.54) is 60.3 Å². The summed E-state index contributed by atoms with van der Waals surface area (Å²) in [5.74, 6) is 0. The van der Waals surface area contributed by atoms with Crippen molar-refractivity contribution in [3.8, 4) is 45.0 Å². The lowest BCUT2D eigenvalue weighted by molar-refractivity contribution is 0.591. The monoisotopic (exact) mass is 750 g/mol. The highest BCUT2D eigenvalue weighted by Crippen LogP contribution is 2.40. The van der Waals surface area contributed by atoms with Crippen molar-refractivity contribution in [3.05, 3.63) is 181 Å². The van der Waals surface area contributed by atoms with Crippen LogP contribution in [0.3, 0.4) is 0 Å². The predicted molar refractivity (Wildman–Crippen MR) is 244 cm³/mol. The van der Waals surface area contributed by atoms with Crippen molar-refractivity contribution in [2.24, 2.45) is 0 Å². The summed E-state index contributed by atoms with van der Waals surface area (Å²) in [6.45, 7) is 13.7. The number of hydrogen-bond acceptors (Lipinski definition) is 2. The first-order valence-electron chi connectivity index (χ1n) is 20.2. The van der Waals surface area contributed by atoms with E-state index < -0.39 is 0 Å². The Morgan fingerprint density at radius 1 is 0.379 bits per heavy atom. The van der Waals surface area contributed by atoms with Crippen molar-refractivity contribution >= 4 is 43.6 Å². The average molecular weight is 751 g/mol. The molecule has 282 valence electrons. The molecular weight excluding hydrogens is 705 g/mol. The van der Waals surface area contributed by atoms with Crippen LogP contribution in [0.1, 0.15) is 52.7 Å². The highest BCUT2D eigenvalue weighted by molar-refractivity contribution is 6.10. The molecule has 0 spiro atoms. The number of fused-ring (bicyclic) bond motifs is 6. The Labute approximate surface area is 340 Å². The summed E-state index contributed by atoms with van der Waals surface area (Å²) in [5, 5.41) is 5.01. The number of hydrogen-bond donors (Lipinski definition) is 0. The maximum Gasteiger partial charge on any atom is 0.0725 e. The van der Waals surface area contributed by atoms with Gasteiger partial charge in [-0.15, -0.1) is 0 Å². The van der Waals surface area contributed by atoms with Crippen LogP contribution in [-0.4, -0.2) is 19.1 Å². The molecule has 4 heteroatoms. The lowest BCUT2D eigenvalue weighted by Gasteiger charge is -2.25. The predicted octanol–water partition coefficient (Wildman–Crippen LogP) is 14.3. The van der Waals surface area contributed by atoms with Crippen molar-refractivity contribution < 1.29 is 0 Å². The molecule has 0 fully saturated rings. The van der Waals surface area contributed by atoms with E-state index in [9.17, 15) is 0 Å². The first kappa shape index (κ1) is 35.6. The minimum absolute atomic E-state index is 0.0897. The number of nitrogens with zero attached hydrogens (tertiary/aromatic N) is 4. The quantitative estimate of drug-likeness (QED) is 0.176. The standard InChI is InChI=1S/C54H46N4/c1-53(2,3)45-28-26-37(57-49-22-11-7-16-39(49)40-17-8-12-23-50(40)57)31-43(45)35-30-36(34-55-33-35)47-20-15-21-48(56-47)44-32-38(27-29-46(44)54(4,5)6)58-51-24-13-9-18-41(51)42-19-10-14-25-52(42)58/h7-34H,1-6H3. The fraction of sp³-hybridized carbons (Fsp3) is 0.148. The molecule has 0 aliphatic heterocycles. The smallest absolute Gasteiger partial charge is 0.0725 e. The highest BCUT2D eigenvalue weighted by Gasteiger charge is 2.24. The molecular formula is C54H46N4. The van der Waals surface area contributed by atoms with Crippen LogP contribution in [0.5, 0.6) is 0 Å². The van der Waals surface area contributed by atoms with E-state index in [1.54, 1.807) is 0 Å². The summed E-state index contributed by atoms with van der Waals surface area (Å²) in [6.07, 6.45) is 3.95. The summed E-state index contributed by atoms with van der Waals surface area (Å²) in [5.41, 5.74) is 15.6. The van der Waals surface area contributed by atoms with Crippen LogP contribution in [0.15, 0.2) is 170 Å². The maximum absolute atomic E-state index is 5.41. The third-order valence-electron chi connectivity index (χ3n) is 11.7. The zero-order valence-corrected chi connectivity index (χ0v) is 34.0. The van der Waals surface area contributed by atoms with Gasteiger partial charge in [0, 0.05) is 62.0 Å². The second-order valence-electron chi connectivity index (χ2n) is 17.6. The molecule has 0 aliphatic rings. The van der Waals surface area contributed by atoms with Gasteiger partial charge in [-0.25, -0.2) is 4.98 Å². The van der Waals surface area contributed by atoms with Gasteiger partial charge in [-0.3, -0.25) is 4.98 Å². The third-order valence-corrected chi connectivity index (χ3v) is 11.7. The Hall–Kier alpha value is -6.78. The van der Waals surface area contributed by atoms with E-state index in [-0.39, 0.29) is 10.8 Å². The Morgan fingerprint density at radius 3 is 1.28 bits per heavy atom. The summed E-state index contributed by atoms with van der Waals surface area (Å²) in [7, 11) is 0. The Morgan fingerprint density at radius 2 is 0.793 bits per heavy atom. The molecule has 4 heterocycles. The lowest BCUT2D eigenvalue weighted by atomic mass is 9.81. The van der Waals surface area contributed by atoms with Crippen LogP contribution >= 0.6 is 0 Å². The lowest BCUT2D eigenvalue weighted by Crippen LogP contribution is -2.13. The molecule has 0 radical (unpaired) electrons. The van der Waals surface area contributed by atoms with Gasteiger partial charge in [0.05, 0.1) is 33.5 Å². The molecule has 0 amide bonds. The molecule has 10 aromatic rings. The van der Waals surface area contributed by atoms with Crippen molar-refractivity contribution in [2.45, 2.75) is 52.4 Å². The number of rotatable bonds is 5. The number of aromatic nitrogens is 4. The molecule has 0 saturated carbocycles. The van der Waals surface area contributed by atoms with Crippen molar-refractivity contribution in [3.63, 3.8) is 0 Å². The Bertz CT molecular complexity index is 2880. The fourth-order valence-corrected chi connectivity index (χ4v) is 8.98. The van der Waals surface area contributed by atoms with Crippen LogP contribution in [0.25, 0.3) is 88.6 Å². The van der Waals surface area contributed by atoms with Gasteiger partial charge in [-0.05, 0) is 94.3 Å². The summed E-state index contributed by atoms with van der Waals surface area (Å²) in [4.78, 5) is 10.3. The normalized spacial score (nSPS) is 12.3. The summed E-state index contributed by atoms with van der Waals surface area (Å²) in [6, 6.07) is 57.2. The minimum atomic E-state index is -0.0986. The van der Waals surface area contributed by atoms with Gasteiger partial charge in [-0.1, -0.05) is 133 Å². The van der Waals surface area contributed by atoms with E-state index in [0.29, 0.717) is 0 Å². The molecule has 0 saturated heterocycles. The molecule has 0 aliphatic carbocycles. The van der Waals surface area contributed by atoms with Crippen LogP contribution in [-0.2, 0) is 10.8 Å². The van der Waals surface area contributed by atoms with Crippen molar-refractivity contribution in [2.75, 3.05) is 0 Å². The first-order chi connectivity index (χ1) is 28.0. The topological polar surface area (TPSA) is 35.6 Å². The largest absolute Gasteiger partial charge is 0.309 e. The van der Waals surface area contributed by atoms with Crippen LogP contribution in [0, 0.1) is 0 Å².